The lowest BCUT2D eigenvalue weighted by Crippen LogP contribution is -2.43. The molecule has 0 aromatic heterocycles. The van der Waals surface area contributed by atoms with Gasteiger partial charge in [0.2, 0.25) is 0 Å². The van der Waals surface area contributed by atoms with Gasteiger partial charge < -0.3 is 10.4 Å². The zero-order valence-corrected chi connectivity index (χ0v) is 8.77. The molecule has 1 fully saturated rings. The quantitative estimate of drug-likeness (QED) is 0.650. The molecule has 1 aliphatic heterocycles. The molecule has 2 N–H and O–H groups in total. The van der Waals surface area contributed by atoms with Crippen LogP contribution < -0.4 is 5.32 Å². The standard InChI is InChI=1S/C11H21NO/c1-9(2)4-5-11(8-13)6-10(3)7-12-11/h9,12-13H,3-8H2,1-2H3. The highest BCUT2D eigenvalue weighted by Gasteiger charge is 2.33. The molecule has 0 aliphatic carbocycles. The molecule has 0 aromatic rings. The molecule has 0 aromatic carbocycles. The van der Waals surface area contributed by atoms with Crippen LogP contribution in [0.4, 0.5) is 0 Å². The highest BCUT2D eigenvalue weighted by molar-refractivity contribution is 5.13. The van der Waals surface area contributed by atoms with Crippen LogP contribution in [-0.4, -0.2) is 23.8 Å². The van der Waals surface area contributed by atoms with Gasteiger partial charge in [0.25, 0.3) is 0 Å². The van der Waals surface area contributed by atoms with E-state index in [-0.39, 0.29) is 12.1 Å². The fourth-order valence-electron chi connectivity index (χ4n) is 1.85. The van der Waals surface area contributed by atoms with E-state index >= 15 is 0 Å². The Morgan fingerprint density at radius 1 is 1.62 bits per heavy atom. The van der Waals surface area contributed by atoms with Gasteiger partial charge in [-0.25, -0.2) is 0 Å². The summed E-state index contributed by atoms with van der Waals surface area (Å²) < 4.78 is 0. The summed E-state index contributed by atoms with van der Waals surface area (Å²) in [6, 6.07) is 0. The molecule has 13 heavy (non-hydrogen) atoms. The number of aliphatic hydroxyl groups is 1. The second-order valence-corrected chi connectivity index (χ2v) is 4.65. The van der Waals surface area contributed by atoms with Gasteiger partial charge in [-0.1, -0.05) is 26.0 Å². The number of nitrogens with one attached hydrogen (secondary N) is 1. The third kappa shape index (κ3) is 2.82. The molecule has 0 saturated carbocycles. The van der Waals surface area contributed by atoms with E-state index in [4.69, 9.17) is 0 Å². The average molecular weight is 183 g/mol. The zero-order valence-electron chi connectivity index (χ0n) is 8.77. The summed E-state index contributed by atoms with van der Waals surface area (Å²) in [5.41, 5.74) is 1.17. The van der Waals surface area contributed by atoms with Crippen LogP contribution >= 0.6 is 0 Å². The molecule has 1 unspecified atom stereocenters. The normalized spacial score (nSPS) is 28.8. The largest absolute Gasteiger partial charge is 0.394 e. The maximum atomic E-state index is 9.34. The van der Waals surface area contributed by atoms with Gasteiger partial charge in [-0.2, -0.15) is 0 Å². The topological polar surface area (TPSA) is 32.3 Å². The van der Waals surface area contributed by atoms with Crippen LogP contribution in [0.2, 0.25) is 0 Å². The van der Waals surface area contributed by atoms with Crippen LogP contribution in [0.15, 0.2) is 12.2 Å². The van der Waals surface area contributed by atoms with E-state index in [1.165, 1.54) is 12.0 Å². The first-order valence-corrected chi connectivity index (χ1v) is 5.10. The Kier molecular flexibility index (Phi) is 3.51. The van der Waals surface area contributed by atoms with E-state index in [1.807, 2.05) is 0 Å². The van der Waals surface area contributed by atoms with Crippen molar-refractivity contribution in [3.05, 3.63) is 12.2 Å². The molecule has 0 radical (unpaired) electrons. The highest BCUT2D eigenvalue weighted by atomic mass is 16.3. The predicted octanol–water partition coefficient (Wildman–Crippen LogP) is 1.70. The number of aliphatic hydroxyl groups excluding tert-OH is 1. The molecule has 1 aliphatic rings. The Morgan fingerprint density at radius 2 is 2.31 bits per heavy atom. The third-order valence-electron chi connectivity index (χ3n) is 2.80. The van der Waals surface area contributed by atoms with Gasteiger partial charge in [-0.3, -0.25) is 0 Å². The van der Waals surface area contributed by atoms with Crippen molar-refractivity contribution >= 4 is 0 Å². The van der Waals surface area contributed by atoms with Crippen molar-refractivity contribution in [1.82, 2.24) is 5.32 Å². The molecule has 0 bridgehead atoms. The Labute approximate surface area is 81.0 Å². The Balaban J connectivity index is 2.46. The van der Waals surface area contributed by atoms with Crippen molar-refractivity contribution in [2.45, 2.75) is 38.6 Å². The van der Waals surface area contributed by atoms with Crippen molar-refractivity contribution < 1.29 is 5.11 Å². The van der Waals surface area contributed by atoms with Crippen LogP contribution in [-0.2, 0) is 0 Å². The van der Waals surface area contributed by atoms with Crippen LogP contribution in [0, 0.1) is 5.92 Å². The molecule has 1 saturated heterocycles. The first-order valence-electron chi connectivity index (χ1n) is 5.10. The molecule has 1 rings (SSSR count). The summed E-state index contributed by atoms with van der Waals surface area (Å²) in [5.74, 6) is 0.707. The van der Waals surface area contributed by atoms with Gasteiger partial charge in [0.05, 0.1) is 6.61 Å². The number of rotatable bonds is 4. The zero-order chi connectivity index (χ0) is 9.90. The smallest absolute Gasteiger partial charge is 0.0616 e. The first-order chi connectivity index (χ1) is 6.08. The van der Waals surface area contributed by atoms with Crippen molar-refractivity contribution in [2.75, 3.05) is 13.2 Å². The molecular formula is C11H21NO. The van der Waals surface area contributed by atoms with Gasteiger partial charge in [-0.05, 0) is 25.2 Å². The molecule has 1 atom stereocenters. The summed E-state index contributed by atoms with van der Waals surface area (Å²) >= 11 is 0. The van der Waals surface area contributed by atoms with Crippen molar-refractivity contribution in [3.63, 3.8) is 0 Å². The van der Waals surface area contributed by atoms with Crippen LogP contribution in [0.1, 0.15) is 33.1 Å². The van der Waals surface area contributed by atoms with E-state index in [9.17, 15) is 5.11 Å². The summed E-state index contributed by atoms with van der Waals surface area (Å²) in [6.45, 7) is 9.49. The van der Waals surface area contributed by atoms with E-state index in [1.54, 1.807) is 0 Å². The molecular weight excluding hydrogens is 162 g/mol. The minimum atomic E-state index is -0.0542. The highest BCUT2D eigenvalue weighted by Crippen LogP contribution is 2.28. The number of hydrogen-bond acceptors (Lipinski definition) is 2. The van der Waals surface area contributed by atoms with Crippen molar-refractivity contribution in [1.29, 1.82) is 0 Å². The predicted molar refractivity (Wildman–Crippen MR) is 55.6 cm³/mol. The molecule has 2 nitrogen and oxygen atoms in total. The molecule has 2 heteroatoms. The van der Waals surface area contributed by atoms with E-state index in [0.717, 1.165) is 19.4 Å². The lowest BCUT2D eigenvalue weighted by molar-refractivity contribution is 0.164. The minimum absolute atomic E-state index is 0.0542. The van der Waals surface area contributed by atoms with Gasteiger partial charge in [-0.15, -0.1) is 0 Å². The van der Waals surface area contributed by atoms with E-state index < -0.39 is 0 Å². The molecule has 76 valence electrons. The van der Waals surface area contributed by atoms with Crippen LogP contribution in [0.25, 0.3) is 0 Å². The maximum Gasteiger partial charge on any atom is 0.0616 e. The van der Waals surface area contributed by atoms with Gasteiger partial charge in [0.15, 0.2) is 0 Å². The second kappa shape index (κ2) is 4.25. The third-order valence-corrected chi connectivity index (χ3v) is 2.80. The SMILES string of the molecule is C=C1CNC(CO)(CCC(C)C)C1. The summed E-state index contributed by atoms with van der Waals surface area (Å²) in [4.78, 5) is 0. The molecule has 0 spiro atoms. The van der Waals surface area contributed by atoms with Crippen molar-refractivity contribution in [3.8, 4) is 0 Å². The Morgan fingerprint density at radius 3 is 2.69 bits per heavy atom. The monoisotopic (exact) mass is 183 g/mol. The fraction of sp³-hybridized carbons (Fsp3) is 0.818. The van der Waals surface area contributed by atoms with Gasteiger partial charge in [0.1, 0.15) is 0 Å². The fourth-order valence-corrected chi connectivity index (χ4v) is 1.85. The average Bonchev–Trinajstić information content (AvgIpc) is 2.45. The van der Waals surface area contributed by atoms with Gasteiger partial charge >= 0.3 is 0 Å². The second-order valence-electron chi connectivity index (χ2n) is 4.65. The first kappa shape index (κ1) is 10.7. The lowest BCUT2D eigenvalue weighted by atomic mass is 9.89. The van der Waals surface area contributed by atoms with Gasteiger partial charge in [0, 0.05) is 12.1 Å². The molecule has 0 amide bonds. The number of hydrogen-bond donors (Lipinski definition) is 2. The summed E-state index contributed by atoms with van der Waals surface area (Å²) in [7, 11) is 0. The summed E-state index contributed by atoms with van der Waals surface area (Å²) in [6.07, 6.45) is 3.16. The Hall–Kier alpha value is -0.340. The van der Waals surface area contributed by atoms with Crippen LogP contribution in [0.5, 0.6) is 0 Å². The molecule has 1 heterocycles. The Bertz CT molecular complexity index is 189. The van der Waals surface area contributed by atoms with E-state index in [2.05, 4.69) is 25.7 Å². The summed E-state index contributed by atoms with van der Waals surface area (Å²) in [5, 5.41) is 12.7. The van der Waals surface area contributed by atoms with E-state index in [0.29, 0.717) is 5.92 Å². The lowest BCUT2D eigenvalue weighted by Gasteiger charge is -2.27. The van der Waals surface area contributed by atoms with Crippen LogP contribution in [0.3, 0.4) is 0 Å². The van der Waals surface area contributed by atoms with Crippen molar-refractivity contribution in [2.24, 2.45) is 5.92 Å². The maximum absolute atomic E-state index is 9.34. The minimum Gasteiger partial charge on any atom is -0.394 e.